The molecule has 2 rings (SSSR count). The number of ketones is 1. The molecule has 15 heavy (non-hydrogen) atoms. The van der Waals surface area contributed by atoms with Crippen LogP contribution in [0.15, 0.2) is 18.2 Å². The van der Waals surface area contributed by atoms with E-state index in [1.165, 1.54) is 0 Å². The van der Waals surface area contributed by atoms with Gasteiger partial charge >= 0.3 is 0 Å². The van der Waals surface area contributed by atoms with Gasteiger partial charge in [-0.15, -0.1) is 11.3 Å². The summed E-state index contributed by atoms with van der Waals surface area (Å²) in [7, 11) is 0. The molecule has 0 radical (unpaired) electrons. The summed E-state index contributed by atoms with van der Waals surface area (Å²) in [5.74, 6) is 0.541. The van der Waals surface area contributed by atoms with Crippen LogP contribution < -0.4 is 0 Å². The first-order valence-corrected chi connectivity index (χ1v) is 5.81. The molecule has 0 spiro atoms. The molecule has 0 fully saturated rings. The number of aromatic nitrogens is 1. The van der Waals surface area contributed by atoms with Gasteiger partial charge in [-0.1, -0.05) is 13.8 Å². The van der Waals surface area contributed by atoms with E-state index >= 15 is 0 Å². The number of hydrogen-bond donors (Lipinski definition) is 0. The summed E-state index contributed by atoms with van der Waals surface area (Å²) in [6.07, 6.45) is 0. The molecule has 1 aromatic carbocycles. The molecule has 0 N–H and O–H groups in total. The van der Waals surface area contributed by atoms with Crippen molar-refractivity contribution in [3.05, 3.63) is 28.8 Å². The lowest BCUT2D eigenvalue weighted by Gasteiger charge is -1.94. The fraction of sp³-hybridized carbons (Fsp3) is 0.333. The highest BCUT2D eigenvalue weighted by Gasteiger charge is 2.08. The summed E-state index contributed by atoms with van der Waals surface area (Å²) in [5, 5.41) is 1.13. The monoisotopic (exact) mass is 219 g/mol. The van der Waals surface area contributed by atoms with Crippen molar-refractivity contribution in [3.8, 4) is 0 Å². The van der Waals surface area contributed by atoms with E-state index in [1.807, 2.05) is 18.2 Å². The van der Waals surface area contributed by atoms with Gasteiger partial charge in [0.2, 0.25) is 0 Å². The molecule has 0 bridgehead atoms. The number of carbonyl (C=O) groups is 1. The minimum absolute atomic E-state index is 0.0935. The fourth-order valence-corrected chi connectivity index (χ4v) is 2.36. The normalized spacial score (nSPS) is 11.2. The molecule has 0 unspecified atom stereocenters. The van der Waals surface area contributed by atoms with Gasteiger partial charge in [-0.05, 0) is 25.1 Å². The Labute approximate surface area is 93.0 Å². The van der Waals surface area contributed by atoms with E-state index in [1.54, 1.807) is 18.3 Å². The Kier molecular flexibility index (Phi) is 2.57. The number of carbonyl (C=O) groups excluding carboxylic acids is 1. The molecule has 0 atom stereocenters. The number of fused-ring (bicyclic) bond motifs is 1. The third kappa shape index (κ3) is 1.92. The van der Waals surface area contributed by atoms with Gasteiger partial charge in [0, 0.05) is 11.5 Å². The van der Waals surface area contributed by atoms with E-state index in [0.717, 1.165) is 20.8 Å². The smallest absolute Gasteiger partial charge is 0.159 e. The second-order valence-corrected chi connectivity index (χ2v) is 5.01. The summed E-state index contributed by atoms with van der Waals surface area (Å²) >= 11 is 1.70. The highest BCUT2D eigenvalue weighted by Crippen LogP contribution is 2.27. The third-order valence-electron chi connectivity index (χ3n) is 2.30. The van der Waals surface area contributed by atoms with Gasteiger partial charge in [-0.25, -0.2) is 4.98 Å². The van der Waals surface area contributed by atoms with E-state index in [0.29, 0.717) is 5.92 Å². The lowest BCUT2D eigenvalue weighted by molar-refractivity contribution is 0.101. The second kappa shape index (κ2) is 3.74. The van der Waals surface area contributed by atoms with E-state index in [9.17, 15) is 4.79 Å². The molecule has 78 valence electrons. The zero-order valence-corrected chi connectivity index (χ0v) is 9.89. The van der Waals surface area contributed by atoms with Crippen LogP contribution in [0.25, 0.3) is 10.2 Å². The van der Waals surface area contributed by atoms with E-state index in [4.69, 9.17) is 0 Å². The van der Waals surface area contributed by atoms with Crippen molar-refractivity contribution < 1.29 is 4.79 Å². The maximum Gasteiger partial charge on any atom is 0.159 e. The van der Waals surface area contributed by atoms with Crippen molar-refractivity contribution in [2.45, 2.75) is 26.7 Å². The van der Waals surface area contributed by atoms with Gasteiger partial charge in [0.05, 0.1) is 15.2 Å². The number of hydrogen-bond acceptors (Lipinski definition) is 3. The highest BCUT2D eigenvalue weighted by atomic mass is 32.1. The van der Waals surface area contributed by atoms with E-state index in [-0.39, 0.29) is 5.78 Å². The Hall–Kier alpha value is -1.22. The SMILES string of the molecule is CC(=O)c1ccc2sc(C(C)C)nc2c1. The van der Waals surface area contributed by atoms with Crippen LogP contribution in [-0.2, 0) is 0 Å². The Morgan fingerprint density at radius 3 is 2.73 bits per heavy atom. The van der Waals surface area contributed by atoms with Gasteiger partial charge < -0.3 is 0 Å². The third-order valence-corrected chi connectivity index (χ3v) is 3.64. The predicted octanol–water partition coefficient (Wildman–Crippen LogP) is 3.62. The second-order valence-electron chi connectivity index (χ2n) is 3.95. The first kappa shape index (κ1) is 10.3. The molecule has 0 amide bonds. The van der Waals surface area contributed by atoms with E-state index < -0.39 is 0 Å². The first-order chi connectivity index (χ1) is 7.08. The molecule has 0 aliphatic heterocycles. The van der Waals surface area contributed by atoms with Gasteiger partial charge in [-0.3, -0.25) is 4.79 Å². The molecule has 1 aromatic heterocycles. The number of nitrogens with zero attached hydrogens (tertiary/aromatic N) is 1. The Balaban J connectivity index is 2.57. The Morgan fingerprint density at radius 1 is 1.40 bits per heavy atom. The van der Waals surface area contributed by atoms with Crippen LogP contribution in [0.3, 0.4) is 0 Å². The molecular formula is C12H13NOS. The quantitative estimate of drug-likeness (QED) is 0.722. The molecule has 0 aliphatic rings. The predicted molar refractivity (Wildman–Crippen MR) is 63.7 cm³/mol. The van der Waals surface area contributed by atoms with Crippen molar-refractivity contribution in [2.24, 2.45) is 0 Å². The fourth-order valence-electron chi connectivity index (χ4n) is 1.41. The van der Waals surface area contributed by atoms with Crippen molar-refractivity contribution in [2.75, 3.05) is 0 Å². The summed E-state index contributed by atoms with van der Waals surface area (Å²) in [4.78, 5) is 15.7. The topological polar surface area (TPSA) is 30.0 Å². The van der Waals surface area contributed by atoms with Crippen LogP contribution in [-0.4, -0.2) is 10.8 Å². The van der Waals surface area contributed by atoms with Crippen LogP contribution in [0, 0.1) is 0 Å². The summed E-state index contributed by atoms with van der Waals surface area (Å²) < 4.78 is 1.16. The van der Waals surface area contributed by atoms with Crippen LogP contribution in [0.1, 0.15) is 42.1 Å². The average Bonchev–Trinajstić information content (AvgIpc) is 2.59. The van der Waals surface area contributed by atoms with Crippen molar-refractivity contribution >= 4 is 27.3 Å². The largest absolute Gasteiger partial charge is 0.295 e. The maximum atomic E-state index is 11.2. The molecule has 1 heterocycles. The summed E-state index contributed by atoms with van der Waals surface area (Å²) in [6, 6.07) is 5.72. The molecule has 3 heteroatoms. The van der Waals surface area contributed by atoms with Crippen molar-refractivity contribution in [1.82, 2.24) is 4.98 Å². The molecule has 0 saturated heterocycles. The minimum atomic E-state index is 0.0935. The van der Waals surface area contributed by atoms with Crippen LogP contribution >= 0.6 is 11.3 Å². The van der Waals surface area contributed by atoms with Gasteiger partial charge in [0.25, 0.3) is 0 Å². The van der Waals surface area contributed by atoms with Gasteiger partial charge in [0.1, 0.15) is 0 Å². The standard InChI is InChI=1S/C12H13NOS/c1-7(2)12-13-10-6-9(8(3)14)4-5-11(10)15-12/h4-7H,1-3H3. The van der Waals surface area contributed by atoms with Crippen molar-refractivity contribution in [3.63, 3.8) is 0 Å². The highest BCUT2D eigenvalue weighted by molar-refractivity contribution is 7.18. The average molecular weight is 219 g/mol. The van der Waals surface area contributed by atoms with Gasteiger partial charge in [-0.2, -0.15) is 0 Å². The molecular weight excluding hydrogens is 206 g/mol. The van der Waals surface area contributed by atoms with Crippen molar-refractivity contribution in [1.29, 1.82) is 0 Å². The zero-order valence-electron chi connectivity index (χ0n) is 9.07. The summed E-state index contributed by atoms with van der Waals surface area (Å²) in [5.41, 5.74) is 1.68. The zero-order chi connectivity index (χ0) is 11.0. The number of thiazole rings is 1. The number of Topliss-reactive ketones (excluding diaryl/α,β-unsaturated/α-hetero) is 1. The molecule has 2 aromatic rings. The lowest BCUT2D eigenvalue weighted by atomic mass is 10.1. The minimum Gasteiger partial charge on any atom is -0.295 e. The Morgan fingerprint density at radius 2 is 2.13 bits per heavy atom. The number of benzene rings is 1. The molecule has 0 aliphatic carbocycles. The maximum absolute atomic E-state index is 11.2. The van der Waals surface area contributed by atoms with Crippen LogP contribution in [0.4, 0.5) is 0 Å². The first-order valence-electron chi connectivity index (χ1n) is 4.99. The Bertz CT molecular complexity index is 513. The lowest BCUT2D eigenvalue weighted by Crippen LogP contribution is -1.90. The van der Waals surface area contributed by atoms with E-state index in [2.05, 4.69) is 18.8 Å². The van der Waals surface area contributed by atoms with Crippen LogP contribution in [0.2, 0.25) is 0 Å². The summed E-state index contributed by atoms with van der Waals surface area (Å²) in [6.45, 7) is 5.84. The molecule has 2 nitrogen and oxygen atoms in total. The van der Waals surface area contributed by atoms with Gasteiger partial charge in [0.15, 0.2) is 5.78 Å². The number of rotatable bonds is 2. The molecule has 0 saturated carbocycles. The van der Waals surface area contributed by atoms with Crippen LogP contribution in [0.5, 0.6) is 0 Å².